The fourth-order valence-electron chi connectivity index (χ4n) is 2.64. The Balaban J connectivity index is 1.58. The quantitative estimate of drug-likeness (QED) is 0.282. The molecule has 0 fully saturated rings. The highest BCUT2D eigenvalue weighted by Gasteiger charge is 2.18. The summed E-state index contributed by atoms with van der Waals surface area (Å²) in [5.74, 6) is -0.401. The molecule has 1 heterocycles. The predicted molar refractivity (Wildman–Crippen MR) is 124 cm³/mol. The van der Waals surface area contributed by atoms with Crippen molar-refractivity contribution in [2.45, 2.75) is 19.8 Å². The number of fused-ring (bicyclic) bond motifs is 1. The van der Waals surface area contributed by atoms with E-state index in [2.05, 4.69) is 23.1 Å². The topological polar surface area (TPSA) is 79.5 Å². The van der Waals surface area contributed by atoms with Gasteiger partial charge in [-0.1, -0.05) is 55.3 Å². The van der Waals surface area contributed by atoms with Gasteiger partial charge in [-0.05, 0) is 36.8 Å². The summed E-state index contributed by atoms with van der Waals surface area (Å²) in [6.45, 7) is 2.59. The van der Waals surface area contributed by atoms with Crippen molar-refractivity contribution in [3.8, 4) is 5.75 Å². The van der Waals surface area contributed by atoms with E-state index in [4.69, 9.17) is 28.6 Å². The lowest BCUT2D eigenvalue weighted by Gasteiger charge is -2.13. The van der Waals surface area contributed by atoms with Crippen molar-refractivity contribution in [1.29, 1.82) is 0 Å². The molecule has 0 unspecified atom stereocenters. The van der Waals surface area contributed by atoms with Crippen LogP contribution in [0.1, 0.15) is 39.8 Å². The van der Waals surface area contributed by atoms with Crippen molar-refractivity contribution in [3.05, 3.63) is 64.0 Å². The van der Waals surface area contributed by atoms with Crippen LogP contribution in [0.15, 0.2) is 48.5 Å². The molecule has 0 atom stereocenters. The fourth-order valence-corrected chi connectivity index (χ4v) is 4.19. The zero-order valence-corrected chi connectivity index (χ0v) is 18.5. The number of amides is 2. The number of nitrogens with one attached hydrogen (secondary N) is 3. The van der Waals surface area contributed by atoms with E-state index in [9.17, 15) is 9.59 Å². The normalized spacial score (nSPS) is 10.5. The molecule has 3 rings (SSSR count). The van der Waals surface area contributed by atoms with E-state index in [0.717, 1.165) is 22.9 Å². The molecule has 2 amide bonds. The maximum atomic E-state index is 12.5. The lowest BCUT2D eigenvalue weighted by molar-refractivity contribution is 0.0937. The van der Waals surface area contributed by atoms with Crippen LogP contribution < -0.4 is 20.9 Å². The average molecular weight is 462 g/mol. The first-order chi connectivity index (χ1) is 14.5. The molecule has 2 aromatic carbocycles. The Labute approximate surface area is 188 Å². The van der Waals surface area contributed by atoms with Crippen LogP contribution in [0.4, 0.5) is 0 Å². The maximum Gasteiger partial charge on any atom is 0.281 e. The van der Waals surface area contributed by atoms with Gasteiger partial charge < -0.3 is 4.74 Å². The SMILES string of the molecule is CCCCOc1ccccc1C(=O)NC(=S)NNC(=O)c1sc2ccccc2c1Cl. The van der Waals surface area contributed by atoms with Crippen LogP contribution in [0.3, 0.4) is 0 Å². The monoisotopic (exact) mass is 461 g/mol. The molecular weight excluding hydrogens is 442 g/mol. The number of hydrogen-bond acceptors (Lipinski definition) is 5. The minimum Gasteiger partial charge on any atom is -0.493 e. The van der Waals surface area contributed by atoms with E-state index in [1.807, 2.05) is 24.3 Å². The number of halogens is 1. The van der Waals surface area contributed by atoms with Gasteiger partial charge in [-0.25, -0.2) is 0 Å². The van der Waals surface area contributed by atoms with Crippen LogP contribution in [-0.2, 0) is 0 Å². The molecule has 0 saturated heterocycles. The second kappa shape index (κ2) is 10.4. The molecule has 30 heavy (non-hydrogen) atoms. The Hall–Kier alpha value is -2.68. The van der Waals surface area contributed by atoms with E-state index in [1.165, 1.54) is 11.3 Å². The molecule has 0 aliphatic heterocycles. The lowest BCUT2D eigenvalue weighted by Crippen LogP contribution is -2.48. The number of hydrogen-bond donors (Lipinski definition) is 3. The van der Waals surface area contributed by atoms with Gasteiger partial charge in [0.2, 0.25) is 0 Å². The largest absolute Gasteiger partial charge is 0.493 e. The second-order valence-corrected chi connectivity index (χ2v) is 8.14. The van der Waals surface area contributed by atoms with E-state index in [-0.39, 0.29) is 5.11 Å². The van der Waals surface area contributed by atoms with Crippen molar-refractivity contribution in [2.75, 3.05) is 6.61 Å². The van der Waals surface area contributed by atoms with Crippen molar-refractivity contribution in [2.24, 2.45) is 0 Å². The minimum absolute atomic E-state index is 0.0473. The number of hydrazine groups is 1. The number of rotatable bonds is 6. The number of carbonyl (C=O) groups excluding carboxylic acids is 2. The van der Waals surface area contributed by atoms with Crippen molar-refractivity contribution >= 4 is 62.2 Å². The number of para-hydroxylation sites is 1. The van der Waals surface area contributed by atoms with Gasteiger partial charge in [0, 0.05) is 10.1 Å². The molecule has 0 saturated carbocycles. The Morgan fingerprint density at radius 2 is 1.80 bits per heavy atom. The summed E-state index contributed by atoms with van der Waals surface area (Å²) in [5.41, 5.74) is 5.35. The maximum absolute atomic E-state index is 12.5. The summed E-state index contributed by atoms with van der Waals surface area (Å²) < 4.78 is 6.58. The number of unbranched alkanes of at least 4 members (excludes halogenated alkanes) is 1. The van der Waals surface area contributed by atoms with E-state index in [1.54, 1.807) is 24.3 Å². The molecule has 1 aromatic heterocycles. The highest BCUT2D eigenvalue weighted by atomic mass is 35.5. The smallest absolute Gasteiger partial charge is 0.281 e. The van der Waals surface area contributed by atoms with Crippen LogP contribution in [0.2, 0.25) is 5.02 Å². The van der Waals surface area contributed by atoms with Crippen molar-refractivity contribution in [1.82, 2.24) is 16.2 Å². The number of carbonyl (C=O) groups is 2. The molecule has 3 aromatic rings. The van der Waals surface area contributed by atoms with Crippen molar-refractivity contribution < 1.29 is 14.3 Å². The third-order valence-electron chi connectivity index (χ3n) is 4.14. The molecule has 0 radical (unpaired) electrons. The first-order valence-electron chi connectivity index (χ1n) is 9.31. The number of benzene rings is 2. The highest BCUT2D eigenvalue weighted by molar-refractivity contribution is 7.80. The minimum atomic E-state index is -0.443. The summed E-state index contributed by atoms with van der Waals surface area (Å²) in [6, 6.07) is 14.4. The molecule has 9 heteroatoms. The number of ether oxygens (including phenoxy) is 1. The van der Waals surface area contributed by atoms with Crippen LogP contribution in [0, 0.1) is 0 Å². The van der Waals surface area contributed by atoms with Crippen LogP contribution in [0.25, 0.3) is 10.1 Å². The average Bonchev–Trinajstić information content (AvgIpc) is 3.09. The van der Waals surface area contributed by atoms with E-state index in [0.29, 0.717) is 27.8 Å². The van der Waals surface area contributed by atoms with Gasteiger partial charge in [-0.2, -0.15) is 0 Å². The van der Waals surface area contributed by atoms with Crippen LogP contribution in [-0.4, -0.2) is 23.5 Å². The summed E-state index contributed by atoms with van der Waals surface area (Å²) in [7, 11) is 0. The zero-order valence-electron chi connectivity index (χ0n) is 16.2. The standard InChI is InChI=1S/C21H20ClN3O3S2/c1-2-3-12-28-15-10-6-4-8-13(15)19(26)23-21(29)25-24-20(27)18-17(22)14-9-5-7-11-16(14)30-18/h4-11H,2-3,12H2,1H3,(H,24,27)(H2,23,25,26,29). The van der Waals surface area contributed by atoms with Crippen LogP contribution in [0.5, 0.6) is 5.75 Å². The molecule has 6 nitrogen and oxygen atoms in total. The van der Waals surface area contributed by atoms with Gasteiger partial charge in [0.1, 0.15) is 10.6 Å². The number of thiocarbonyl (C=S) groups is 1. The third-order valence-corrected chi connectivity index (χ3v) is 6.02. The summed E-state index contributed by atoms with van der Waals surface area (Å²) in [5, 5.41) is 3.67. The fraction of sp³-hybridized carbons (Fsp3) is 0.190. The molecule has 3 N–H and O–H groups in total. The highest BCUT2D eigenvalue weighted by Crippen LogP contribution is 2.34. The summed E-state index contributed by atoms with van der Waals surface area (Å²) >= 11 is 12.7. The first-order valence-corrected chi connectivity index (χ1v) is 10.9. The first kappa shape index (κ1) is 22.0. The molecule has 0 aliphatic rings. The Morgan fingerprint density at radius 3 is 2.57 bits per heavy atom. The Morgan fingerprint density at radius 1 is 1.07 bits per heavy atom. The number of thiophene rings is 1. The molecule has 0 bridgehead atoms. The van der Waals surface area contributed by atoms with Gasteiger partial charge in [0.05, 0.1) is 17.2 Å². The predicted octanol–water partition coefficient (Wildman–Crippen LogP) is 4.68. The molecule has 0 spiro atoms. The van der Waals surface area contributed by atoms with E-state index >= 15 is 0 Å². The second-order valence-electron chi connectivity index (χ2n) is 6.30. The van der Waals surface area contributed by atoms with Gasteiger partial charge in [0.25, 0.3) is 11.8 Å². The van der Waals surface area contributed by atoms with Gasteiger partial charge >= 0.3 is 0 Å². The van der Waals surface area contributed by atoms with E-state index < -0.39 is 11.8 Å². The van der Waals surface area contributed by atoms with Gasteiger partial charge in [0.15, 0.2) is 5.11 Å². The lowest BCUT2D eigenvalue weighted by atomic mass is 10.2. The zero-order chi connectivity index (χ0) is 21.5. The van der Waals surface area contributed by atoms with Gasteiger partial charge in [-0.15, -0.1) is 11.3 Å². The van der Waals surface area contributed by atoms with Crippen molar-refractivity contribution in [3.63, 3.8) is 0 Å². The summed E-state index contributed by atoms with van der Waals surface area (Å²) in [6.07, 6.45) is 1.88. The van der Waals surface area contributed by atoms with Crippen LogP contribution >= 0.6 is 35.2 Å². The molecule has 0 aliphatic carbocycles. The third kappa shape index (κ3) is 5.27. The van der Waals surface area contributed by atoms with Gasteiger partial charge in [-0.3, -0.25) is 25.8 Å². The summed E-state index contributed by atoms with van der Waals surface area (Å²) in [4.78, 5) is 25.4. The Bertz CT molecular complexity index is 1080. The molecule has 156 valence electrons. The Kier molecular flexibility index (Phi) is 7.62. The molecular formula is C21H20ClN3O3S2.